The van der Waals surface area contributed by atoms with E-state index in [2.05, 4.69) is 22.5 Å². The summed E-state index contributed by atoms with van der Waals surface area (Å²) in [6.07, 6.45) is 4.15. The first-order valence-corrected chi connectivity index (χ1v) is 9.26. The lowest BCUT2D eigenvalue weighted by molar-refractivity contribution is -0.125. The molecule has 0 saturated carbocycles. The molecule has 1 aliphatic rings. The molecule has 1 atom stereocenters. The Kier molecular flexibility index (Phi) is 5.04. The fourth-order valence-electron chi connectivity index (χ4n) is 2.99. The zero-order valence-electron chi connectivity index (χ0n) is 13.9. The van der Waals surface area contributed by atoms with Crippen molar-refractivity contribution in [3.05, 3.63) is 57.5 Å². The summed E-state index contributed by atoms with van der Waals surface area (Å²) in [6, 6.07) is 9.81. The number of aryl methyl sites for hydroxylation is 2. The van der Waals surface area contributed by atoms with E-state index in [1.165, 1.54) is 9.58 Å². The normalized spacial score (nSPS) is 16.5. The number of aromatic nitrogens is 2. The van der Waals surface area contributed by atoms with Crippen molar-refractivity contribution in [3.8, 4) is 0 Å². The summed E-state index contributed by atoms with van der Waals surface area (Å²) >= 11 is 1.70. The first-order chi connectivity index (χ1) is 11.6. The van der Waals surface area contributed by atoms with Gasteiger partial charge in [0.05, 0.1) is 5.69 Å². The van der Waals surface area contributed by atoms with Gasteiger partial charge in [-0.15, -0.1) is 11.8 Å². The zero-order valence-corrected chi connectivity index (χ0v) is 14.7. The van der Waals surface area contributed by atoms with Crippen LogP contribution in [0.15, 0.2) is 40.0 Å². The molecule has 24 heavy (non-hydrogen) atoms. The van der Waals surface area contributed by atoms with E-state index < -0.39 is 0 Å². The van der Waals surface area contributed by atoms with Crippen LogP contribution >= 0.6 is 11.8 Å². The van der Waals surface area contributed by atoms with E-state index in [1.807, 2.05) is 18.4 Å². The Hall–Kier alpha value is -2.08. The van der Waals surface area contributed by atoms with Crippen LogP contribution in [0.5, 0.6) is 0 Å². The second kappa shape index (κ2) is 7.21. The second-order valence-electron chi connectivity index (χ2n) is 6.08. The standard InChI is InChI=1S/C18H21N3O2S/c1-21-17(22)10-14-9-13(5-8-16(14)20-21)18(23)19-11-12-3-6-15(24-2)7-4-12/h3-4,6-7,10,13H,5,8-9,11H2,1-2H3,(H,19,23)/t13-/m1/s1. The average molecular weight is 343 g/mol. The molecule has 1 aromatic heterocycles. The number of hydrogen-bond donors (Lipinski definition) is 1. The maximum Gasteiger partial charge on any atom is 0.266 e. The van der Waals surface area contributed by atoms with Crippen molar-refractivity contribution in [2.75, 3.05) is 6.26 Å². The van der Waals surface area contributed by atoms with E-state index in [0.29, 0.717) is 13.0 Å². The largest absolute Gasteiger partial charge is 0.352 e. The number of carbonyl (C=O) groups excluding carboxylic acids is 1. The summed E-state index contributed by atoms with van der Waals surface area (Å²) in [7, 11) is 1.66. The number of carbonyl (C=O) groups is 1. The number of amides is 1. The van der Waals surface area contributed by atoms with Gasteiger partial charge in [-0.25, -0.2) is 4.68 Å². The molecule has 0 spiro atoms. The Morgan fingerprint density at radius 2 is 2.12 bits per heavy atom. The molecule has 5 nitrogen and oxygen atoms in total. The zero-order chi connectivity index (χ0) is 17.1. The molecule has 1 aromatic carbocycles. The van der Waals surface area contributed by atoms with Crippen LogP contribution in [0.2, 0.25) is 0 Å². The van der Waals surface area contributed by atoms with E-state index >= 15 is 0 Å². The molecule has 1 N–H and O–H groups in total. The molecule has 0 saturated heterocycles. The van der Waals surface area contributed by atoms with Crippen LogP contribution in [0.3, 0.4) is 0 Å². The van der Waals surface area contributed by atoms with Crippen molar-refractivity contribution in [2.45, 2.75) is 30.7 Å². The molecule has 1 amide bonds. The topological polar surface area (TPSA) is 64.0 Å². The van der Waals surface area contributed by atoms with Gasteiger partial charge in [0.1, 0.15) is 0 Å². The van der Waals surface area contributed by atoms with Crippen LogP contribution in [0.4, 0.5) is 0 Å². The summed E-state index contributed by atoms with van der Waals surface area (Å²) in [5.74, 6) is -0.0350. The summed E-state index contributed by atoms with van der Waals surface area (Å²) in [4.78, 5) is 25.4. The maximum atomic E-state index is 12.4. The highest BCUT2D eigenvalue weighted by Crippen LogP contribution is 2.23. The molecule has 126 valence electrons. The Labute approximate surface area is 145 Å². The quantitative estimate of drug-likeness (QED) is 0.862. The number of nitrogens with zero attached hydrogens (tertiary/aromatic N) is 2. The third-order valence-electron chi connectivity index (χ3n) is 4.45. The summed E-state index contributed by atoms with van der Waals surface area (Å²) in [5.41, 5.74) is 2.82. The third kappa shape index (κ3) is 3.70. The van der Waals surface area contributed by atoms with Crippen LogP contribution < -0.4 is 10.9 Å². The SMILES string of the molecule is CSc1ccc(CNC(=O)[C@@H]2CCc3nn(C)c(=O)cc3C2)cc1. The highest BCUT2D eigenvalue weighted by atomic mass is 32.2. The van der Waals surface area contributed by atoms with Crippen molar-refractivity contribution in [3.63, 3.8) is 0 Å². The molecule has 1 heterocycles. The van der Waals surface area contributed by atoms with Gasteiger partial charge in [0.15, 0.2) is 0 Å². The molecular formula is C18H21N3O2S. The Morgan fingerprint density at radius 3 is 2.83 bits per heavy atom. The van der Waals surface area contributed by atoms with Gasteiger partial charge in [-0.1, -0.05) is 12.1 Å². The molecule has 0 aliphatic heterocycles. The Balaban J connectivity index is 1.61. The minimum Gasteiger partial charge on any atom is -0.352 e. The smallest absolute Gasteiger partial charge is 0.266 e. The minimum absolute atomic E-state index is 0.0512. The lowest BCUT2D eigenvalue weighted by atomic mass is 9.86. The van der Waals surface area contributed by atoms with Crippen molar-refractivity contribution >= 4 is 17.7 Å². The molecule has 6 heteroatoms. The Bertz CT molecular complexity index is 799. The molecule has 2 aromatic rings. The van der Waals surface area contributed by atoms with Gasteiger partial charge in [0.25, 0.3) is 5.56 Å². The molecule has 1 aliphatic carbocycles. The van der Waals surface area contributed by atoms with Gasteiger partial charge in [-0.05, 0) is 48.8 Å². The molecule has 3 rings (SSSR count). The van der Waals surface area contributed by atoms with Crippen molar-refractivity contribution < 1.29 is 4.79 Å². The maximum absolute atomic E-state index is 12.4. The predicted molar refractivity (Wildman–Crippen MR) is 95.1 cm³/mol. The van der Waals surface area contributed by atoms with Gasteiger partial charge >= 0.3 is 0 Å². The minimum atomic E-state index is -0.122. The summed E-state index contributed by atoms with van der Waals surface area (Å²) in [5, 5.41) is 7.30. The van der Waals surface area contributed by atoms with Crippen LogP contribution in [-0.4, -0.2) is 21.9 Å². The van der Waals surface area contributed by atoms with Gasteiger partial charge in [-0.2, -0.15) is 5.10 Å². The monoisotopic (exact) mass is 343 g/mol. The lowest BCUT2D eigenvalue weighted by Gasteiger charge is -2.23. The molecule has 0 radical (unpaired) electrons. The fourth-order valence-corrected chi connectivity index (χ4v) is 3.40. The van der Waals surface area contributed by atoms with Crippen LogP contribution in [0.25, 0.3) is 0 Å². The highest BCUT2D eigenvalue weighted by Gasteiger charge is 2.26. The van der Waals surface area contributed by atoms with Crippen molar-refractivity contribution in [2.24, 2.45) is 13.0 Å². The fraction of sp³-hybridized carbons (Fsp3) is 0.389. The Morgan fingerprint density at radius 1 is 1.38 bits per heavy atom. The van der Waals surface area contributed by atoms with E-state index in [4.69, 9.17) is 0 Å². The molecular weight excluding hydrogens is 322 g/mol. The first kappa shape index (κ1) is 16.8. The van der Waals surface area contributed by atoms with E-state index in [1.54, 1.807) is 24.9 Å². The number of fused-ring (bicyclic) bond motifs is 1. The van der Waals surface area contributed by atoms with E-state index in [-0.39, 0.29) is 17.4 Å². The average Bonchev–Trinajstić information content (AvgIpc) is 2.60. The van der Waals surface area contributed by atoms with Gasteiger partial charge in [0, 0.05) is 30.5 Å². The van der Waals surface area contributed by atoms with Crippen LogP contribution in [0, 0.1) is 5.92 Å². The van der Waals surface area contributed by atoms with Crippen LogP contribution in [0.1, 0.15) is 23.2 Å². The number of thioether (sulfide) groups is 1. The van der Waals surface area contributed by atoms with Crippen LogP contribution in [-0.2, 0) is 31.2 Å². The van der Waals surface area contributed by atoms with Crippen molar-refractivity contribution in [1.29, 1.82) is 0 Å². The number of rotatable bonds is 4. The third-order valence-corrected chi connectivity index (χ3v) is 5.19. The first-order valence-electron chi connectivity index (χ1n) is 8.03. The molecule has 0 fully saturated rings. The van der Waals surface area contributed by atoms with Gasteiger partial charge < -0.3 is 5.32 Å². The lowest BCUT2D eigenvalue weighted by Crippen LogP contribution is -2.35. The van der Waals surface area contributed by atoms with E-state index in [9.17, 15) is 9.59 Å². The second-order valence-corrected chi connectivity index (χ2v) is 6.96. The number of nitrogens with one attached hydrogen (secondary N) is 1. The molecule has 0 bridgehead atoms. The predicted octanol–water partition coefficient (Wildman–Crippen LogP) is 1.92. The summed E-state index contributed by atoms with van der Waals surface area (Å²) < 4.78 is 1.36. The highest BCUT2D eigenvalue weighted by molar-refractivity contribution is 7.98. The number of hydrogen-bond acceptors (Lipinski definition) is 4. The van der Waals surface area contributed by atoms with Crippen molar-refractivity contribution in [1.82, 2.24) is 15.1 Å². The van der Waals surface area contributed by atoms with E-state index in [0.717, 1.165) is 29.7 Å². The molecule has 0 unspecified atom stereocenters. The van der Waals surface area contributed by atoms with Gasteiger partial charge in [-0.3, -0.25) is 9.59 Å². The number of benzene rings is 1. The summed E-state index contributed by atoms with van der Waals surface area (Å²) in [6.45, 7) is 0.533. The van der Waals surface area contributed by atoms with Gasteiger partial charge in [0.2, 0.25) is 5.91 Å².